The van der Waals surface area contributed by atoms with Crippen molar-refractivity contribution in [2.24, 2.45) is 0 Å². The van der Waals surface area contributed by atoms with E-state index in [1.165, 1.54) is 0 Å². The summed E-state index contributed by atoms with van der Waals surface area (Å²) in [5.41, 5.74) is 2.51. The van der Waals surface area contributed by atoms with Crippen molar-refractivity contribution in [1.29, 1.82) is 0 Å². The Morgan fingerprint density at radius 1 is 1.10 bits per heavy atom. The van der Waals surface area contributed by atoms with E-state index in [2.05, 4.69) is 15.1 Å². The van der Waals surface area contributed by atoms with Crippen LogP contribution in [0, 0.1) is 0 Å². The van der Waals surface area contributed by atoms with Crippen molar-refractivity contribution in [3.63, 3.8) is 0 Å². The number of halogens is 2. The molecule has 4 nitrogen and oxygen atoms in total. The molecule has 0 saturated heterocycles. The van der Waals surface area contributed by atoms with Crippen LogP contribution < -0.4 is 0 Å². The molecule has 100 valence electrons. The molecular weight excluding hydrogens is 295 g/mol. The lowest BCUT2D eigenvalue weighted by atomic mass is 10.1. The van der Waals surface area contributed by atoms with Gasteiger partial charge >= 0.3 is 0 Å². The monoisotopic (exact) mass is 304 g/mol. The molecule has 1 aromatic carbocycles. The van der Waals surface area contributed by atoms with Crippen LogP contribution in [-0.2, 0) is 5.88 Å². The summed E-state index contributed by atoms with van der Waals surface area (Å²) in [6.07, 6.45) is 4.79. The van der Waals surface area contributed by atoms with E-state index in [1.807, 2.05) is 30.3 Å². The number of rotatable bonds is 3. The van der Waals surface area contributed by atoms with Crippen LogP contribution in [0.2, 0.25) is 5.15 Å². The van der Waals surface area contributed by atoms with E-state index >= 15 is 0 Å². The maximum atomic E-state index is 6.36. The first-order valence-electron chi connectivity index (χ1n) is 5.96. The standard InChI is InChI=1S/C14H10Cl2N4/c15-8-11-13(10-4-2-1-3-5-10)19-20(14(11)16)12-9-17-6-7-18-12/h1-7,9H,8H2. The molecule has 0 saturated carbocycles. The molecule has 0 aliphatic rings. The van der Waals surface area contributed by atoms with E-state index in [1.54, 1.807) is 23.3 Å². The molecule has 0 fully saturated rings. The van der Waals surface area contributed by atoms with Crippen molar-refractivity contribution in [2.45, 2.75) is 5.88 Å². The highest BCUT2D eigenvalue weighted by atomic mass is 35.5. The molecule has 0 bridgehead atoms. The molecule has 0 atom stereocenters. The van der Waals surface area contributed by atoms with Gasteiger partial charge in [0.1, 0.15) is 5.15 Å². The molecule has 3 aromatic rings. The Hall–Kier alpha value is -1.91. The Labute approximate surface area is 126 Å². The fourth-order valence-corrected chi connectivity index (χ4v) is 2.53. The Bertz CT molecular complexity index is 711. The Morgan fingerprint density at radius 2 is 1.90 bits per heavy atom. The lowest BCUT2D eigenvalue weighted by molar-refractivity contribution is 0.841. The normalized spacial score (nSPS) is 10.7. The molecule has 0 unspecified atom stereocenters. The average Bonchev–Trinajstić information content (AvgIpc) is 2.86. The van der Waals surface area contributed by atoms with Gasteiger partial charge in [0.2, 0.25) is 0 Å². The zero-order valence-electron chi connectivity index (χ0n) is 10.4. The second-order valence-corrected chi connectivity index (χ2v) is 4.72. The van der Waals surface area contributed by atoms with E-state index < -0.39 is 0 Å². The molecule has 6 heteroatoms. The number of hydrogen-bond acceptors (Lipinski definition) is 3. The smallest absolute Gasteiger partial charge is 0.173 e. The highest BCUT2D eigenvalue weighted by molar-refractivity contribution is 6.32. The van der Waals surface area contributed by atoms with Crippen molar-refractivity contribution < 1.29 is 0 Å². The Balaban J connectivity index is 2.18. The summed E-state index contributed by atoms with van der Waals surface area (Å²) >= 11 is 12.4. The number of aromatic nitrogens is 4. The van der Waals surface area contributed by atoms with Crippen LogP contribution in [0.5, 0.6) is 0 Å². The predicted molar refractivity (Wildman–Crippen MR) is 79.2 cm³/mol. The third-order valence-corrected chi connectivity index (χ3v) is 3.52. The van der Waals surface area contributed by atoms with E-state index in [9.17, 15) is 0 Å². The molecule has 0 N–H and O–H groups in total. The van der Waals surface area contributed by atoms with Crippen molar-refractivity contribution >= 4 is 23.2 Å². The van der Waals surface area contributed by atoms with Gasteiger partial charge in [-0.1, -0.05) is 41.9 Å². The SMILES string of the molecule is ClCc1c(-c2ccccc2)nn(-c2cnccn2)c1Cl. The lowest BCUT2D eigenvalue weighted by Gasteiger charge is -1.99. The zero-order chi connectivity index (χ0) is 13.9. The van der Waals surface area contributed by atoms with E-state index in [0.29, 0.717) is 11.0 Å². The summed E-state index contributed by atoms with van der Waals surface area (Å²) in [5.74, 6) is 0.842. The second kappa shape index (κ2) is 5.61. The van der Waals surface area contributed by atoms with Gasteiger partial charge in [0.25, 0.3) is 0 Å². The fraction of sp³-hybridized carbons (Fsp3) is 0.0714. The summed E-state index contributed by atoms with van der Waals surface area (Å²) in [6.45, 7) is 0. The molecule has 0 amide bonds. The topological polar surface area (TPSA) is 43.6 Å². The van der Waals surface area contributed by atoms with Crippen molar-refractivity contribution in [1.82, 2.24) is 19.7 Å². The third-order valence-electron chi connectivity index (χ3n) is 2.87. The van der Waals surface area contributed by atoms with E-state index in [-0.39, 0.29) is 5.88 Å². The highest BCUT2D eigenvalue weighted by Gasteiger charge is 2.18. The summed E-state index contributed by atoms with van der Waals surface area (Å²) in [5, 5.41) is 4.98. The van der Waals surface area contributed by atoms with Gasteiger partial charge in [-0.25, -0.2) is 9.67 Å². The molecule has 0 aliphatic carbocycles. The maximum absolute atomic E-state index is 6.36. The molecule has 3 rings (SSSR count). The molecule has 0 radical (unpaired) electrons. The molecule has 2 aromatic heterocycles. The molecular formula is C14H10Cl2N4. The highest BCUT2D eigenvalue weighted by Crippen LogP contribution is 2.31. The quantitative estimate of drug-likeness (QED) is 0.693. The predicted octanol–water partition coefficient (Wildman–Crippen LogP) is 3.72. The number of alkyl halides is 1. The number of benzene rings is 1. The van der Waals surface area contributed by atoms with Crippen molar-refractivity contribution in [3.8, 4) is 17.1 Å². The van der Waals surface area contributed by atoms with Gasteiger partial charge in [0.15, 0.2) is 5.82 Å². The first-order chi connectivity index (χ1) is 9.81. The molecule has 2 heterocycles. The Kier molecular flexibility index (Phi) is 3.67. The number of nitrogens with zero attached hydrogens (tertiary/aromatic N) is 4. The molecule has 0 aliphatic heterocycles. The third kappa shape index (κ3) is 2.28. The summed E-state index contributed by atoms with van der Waals surface area (Å²) in [7, 11) is 0. The van der Waals surface area contributed by atoms with Gasteiger partial charge in [-0.2, -0.15) is 5.10 Å². The largest absolute Gasteiger partial charge is 0.259 e. The van der Waals surface area contributed by atoms with Gasteiger partial charge < -0.3 is 0 Å². The lowest BCUT2D eigenvalue weighted by Crippen LogP contribution is -2.00. The minimum Gasteiger partial charge on any atom is -0.259 e. The second-order valence-electron chi connectivity index (χ2n) is 4.09. The van der Waals surface area contributed by atoms with Gasteiger partial charge in [-0.05, 0) is 0 Å². The van der Waals surface area contributed by atoms with Crippen molar-refractivity contribution in [3.05, 3.63) is 59.6 Å². The average molecular weight is 305 g/mol. The summed E-state index contributed by atoms with van der Waals surface area (Å²) in [4.78, 5) is 8.23. The van der Waals surface area contributed by atoms with Crippen LogP contribution in [0.15, 0.2) is 48.9 Å². The van der Waals surface area contributed by atoms with E-state index in [4.69, 9.17) is 23.2 Å². The van der Waals surface area contributed by atoms with Gasteiger partial charge in [0.05, 0.1) is 17.8 Å². The number of hydrogen-bond donors (Lipinski definition) is 0. The maximum Gasteiger partial charge on any atom is 0.173 e. The van der Waals surface area contributed by atoms with Gasteiger partial charge in [0, 0.05) is 23.5 Å². The first kappa shape index (κ1) is 13.1. The van der Waals surface area contributed by atoms with Crippen LogP contribution in [0.25, 0.3) is 17.1 Å². The van der Waals surface area contributed by atoms with Crippen LogP contribution in [0.3, 0.4) is 0 Å². The zero-order valence-corrected chi connectivity index (χ0v) is 11.9. The minimum absolute atomic E-state index is 0.281. The van der Waals surface area contributed by atoms with Gasteiger partial charge in [-0.3, -0.25) is 4.98 Å². The molecule has 0 spiro atoms. The summed E-state index contributed by atoms with van der Waals surface area (Å²) in [6, 6.07) is 9.78. The first-order valence-corrected chi connectivity index (χ1v) is 6.87. The van der Waals surface area contributed by atoms with Gasteiger partial charge in [-0.15, -0.1) is 11.6 Å². The minimum atomic E-state index is 0.281. The van der Waals surface area contributed by atoms with Crippen LogP contribution in [-0.4, -0.2) is 19.7 Å². The Morgan fingerprint density at radius 3 is 2.55 bits per heavy atom. The van der Waals surface area contributed by atoms with Crippen LogP contribution >= 0.6 is 23.2 Å². The van der Waals surface area contributed by atoms with E-state index in [0.717, 1.165) is 16.8 Å². The van der Waals surface area contributed by atoms with Crippen LogP contribution in [0.1, 0.15) is 5.56 Å². The molecule has 20 heavy (non-hydrogen) atoms. The fourth-order valence-electron chi connectivity index (χ4n) is 1.93. The van der Waals surface area contributed by atoms with Crippen molar-refractivity contribution in [2.75, 3.05) is 0 Å². The summed E-state index contributed by atoms with van der Waals surface area (Å²) < 4.78 is 1.55. The van der Waals surface area contributed by atoms with Crippen LogP contribution in [0.4, 0.5) is 0 Å².